The molecule has 0 bridgehead atoms. The second-order valence-electron chi connectivity index (χ2n) is 9.83. The molecule has 43 heavy (non-hydrogen) atoms. The van der Waals surface area contributed by atoms with Crippen molar-refractivity contribution < 1.29 is 46.5 Å². The molecular formula is C30H20Cl4CuN2O6. The van der Waals surface area contributed by atoms with Crippen molar-refractivity contribution in [1.29, 1.82) is 0 Å². The van der Waals surface area contributed by atoms with Gasteiger partial charge in [-0.3, -0.25) is 9.59 Å². The van der Waals surface area contributed by atoms with Gasteiger partial charge < -0.3 is 28.9 Å². The Morgan fingerprint density at radius 1 is 0.605 bits per heavy atom. The molecule has 0 saturated heterocycles. The first kappa shape index (κ1) is 32.9. The molecule has 0 aliphatic carbocycles. The van der Waals surface area contributed by atoms with Crippen LogP contribution in [-0.2, 0) is 39.7 Å². The minimum Gasteiger partial charge on any atom is -0.549 e. The molecule has 0 spiro atoms. The number of halogens is 4. The summed E-state index contributed by atoms with van der Waals surface area (Å²) >= 11 is 23.9. The maximum Gasteiger partial charge on any atom is 2.00 e. The van der Waals surface area contributed by atoms with Crippen LogP contribution < -0.4 is 10.2 Å². The molecule has 2 atom stereocenters. The van der Waals surface area contributed by atoms with Crippen LogP contribution in [0.15, 0.2) is 60.7 Å². The Balaban J connectivity index is 0.000000192. The predicted octanol–water partition coefficient (Wildman–Crippen LogP) is 4.52. The van der Waals surface area contributed by atoms with Crippen LogP contribution in [0.25, 0.3) is 0 Å². The van der Waals surface area contributed by atoms with Gasteiger partial charge in [0.05, 0.1) is 22.0 Å². The number of fused-ring (bicyclic) bond motifs is 2. The number of nitrogens with zero attached hydrogens (tertiary/aromatic N) is 2. The van der Waals surface area contributed by atoms with Gasteiger partial charge in [0.2, 0.25) is 11.6 Å². The Morgan fingerprint density at radius 3 is 1.23 bits per heavy atom. The smallest absolute Gasteiger partial charge is 0.549 e. The molecular weight excluding hydrogens is 690 g/mol. The van der Waals surface area contributed by atoms with Crippen molar-refractivity contribution in [2.45, 2.75) is 37.8 Å². The van der Waals surface area contributed by atoms with Crippen LogP contribution in [0.2, 0.25) is 20.1 Å². The van der Waals surface area contributed by atoms with Crippen molar-refractivity contribution >= 4 is 69.9 Å². The fourth-order valence-corrected chi connectivity index (χ4v) is 6.21. The Morgan fingerprint density at radius 2 is 0.930 bits per heavy atom. The van der Waals surface area contributed by atoms with Crippen LogP contribution in [0.4, 0.5) is 0 Å². The molecule has 0 amide bonds. The van der Waals surface area contributed by atoms with E-state index in [1.807, 2.05) is 0 Å². The van der Waals surface area contributed by atoms with E-state index < -0.39 is 23.8 Å². The van der Waals surface area contributed by atoms with Gasteiger partial charge in [-0.1, -0.05) is 46.4 Å². The number of ketones is 2. The second-order valence-corrected chi connectivity index (χ2v) is 11.5. The number of hydrogen-bond donors (Lipinski definition) is 0. The van der Waals surface area contributed by atoms with Crippen LogP contribution in [0.5, 0.6) is 0 Å². The topological polar surface area (TPSA) is 124 Å². The van der Waals surface area contributed by atoms with Gasteiger partial charge >= 0.3 is 17.1 Å². The maximum absolute atomic E-state index is 12.6. The monoisotopic (exact) mass is 707 g/mol. The Hall–Kier alpha value is -3.04. The van der Waals surface area contributed by atoms with Gasteiger partial charge in [-0.25, -0.2) is 0 Å². The van der Waals surface area contributed by atoms with E-state index in [0.29, 0.717) is 69.9 Å². The summed E-state index contributed by atoms with van der Waals surface area (Å²) in [6.07, 6.45) is 0.825. The van der Waals surface area contributed by atoms with Gasteiger partial charge in [0.25, 0.3) is 0 Å². The molecule has 0 saturated carbocycles. The molecule has 2 aromatic carbocycles. The molecule has 8 nitrogen and oxygen atoms in total. The van der Waals surface area contributed by atoms with Crippen molar-refractivity contribution in [1.82, 2.24) is 9.13 Å². The summed E-state index contributed by atoms with van der Waals surface area (Å²) in [7, 11) is 0. The van der Waals surface area contributed by atoms with Crippen LogP contribution in [-0.4, -0.2) is 32.6 Å². The summed E-state index contributed by atoms with van der Waals surface area (Å²) in [5.74, 6) is -4.21. The van der Waals surface area contributed by atoms with E-state index in [2.05, 4.69) is 0 Å². The number of aromatic nitrogens is 2. The minimum absolute atomic E-state index is 0. The molecule has 225 valence electrons. The van der Waals surface area contributed by atoms with E-state index in [-0.39, 0.29) is 38.7 Å². The predicted molar refractivity (Wildman–Crippen MR) is 153 cm³/mol. The van der Waals surface area contributed by atoms with Crippen molar-refractivity contribution in [3.05, 3.63) is 115 Å². The number of carbonyl (C=O) groups excluding carboxylic acids is 4. The fraction of sp³-hybridized carbons (Fsp3) is 0.200. The fourth-order valence-electron chi connectivity index (χ4n) is 5.35. The van der Waals surface area contributed by atoms with Gasteiger partial charge in [-0.15, -0.1) is 0 Å². The summed E-state index contributed by atoms with van der Waals surface area (Å²) in [4.78, 5) is 47.3. The largest absolute Gasteiger partial charge is 2.00 e. The van der Waals surface area contributed by atoms with E-state index in [1.54, 1.807) is 57.7 Å². The van der Waals surface area contributed by atoms with Crippen molar-refractivity contribution in [2.75, 3.05) is 0 Å². The molecule has 6 rings (SSSR count). The van der Waals surface area contributed by atoms with Crippen LogP contribution >= 0.6 is 46.4 Å². The first-order valence-electron chi connectivity index (χ1n) is 12.8. The molecule has 2 unspecified atom stereocenters. The average Bonchev–Trinajstić information content (AvgIpc) is 3.69. The van der Waals surface area contributed by atoms with Gasteiger partial charge in [0.15, 0.2) is 0 Å². The molecule has 4 heterocycles. The molecule has 4 aromatic rings. The van der Waals surface area contributed by atoms with Crippen molar-refractivity contribution in [2.24, 2.45) is 0 Å². The minimum atomic E-state index is -1.14. The third-order valence-electron chi connectivity index (χ3n) is 7.37. The van der Waals surface area contributed by atoms with E-state index >= 15 is 0 Å². The number of aliphatic carboxylic acids is 2. The number of rotatable bonds is 6. The van der Waals surface area contributed by atoms with Gasteiger partial charge in [-0.05, 0) is 73.5 Å². The number of carboxylic acids is 2. The Kier molecular flexibility index (Phi) is 10.2. The zero-order chi connectivity index (χ0) is 30.3. The Bertz CT molecular complexity index is 1600. The van der Waals surface area contributed by atoms with E-state index in [4.69, 9.17) is 46.4 Å². The zero-order valence-electron chi connectivity index (χ0n) is 21.9. The van der Waals surface area contributed by atoms with Crippen molar-refractivity contribution in [3.63, 3.8) is 0 Å². The van der Waals surface area contributed by atoms with Crippen LogP contribution in [0, 0.1) is 0 Å². The van der Waals surface area contributed by atoms with Gasteiger partial charge in [0, 0.05) is 57.5 Å². The molecule has 0 fully saturated rings. The summed E-state index contributed by atoms with van der Waals surface area (Å²) in [6.45, 7) is 0.880. The maximum atomic E-state index is 12.6. The quantitative estimate of drug-likeness (QED) is 0.214. The van der Waals surface area contributed by atoms with E-state index in [0.717, 1.165) is 0 Å². The third-order valence-corrected chi connectivity index (χ3v) is 8.45. The standard InChI is InChI=1S/2C15H11Cl2NO3.Cu/c2*16-9-3-1-8(2-4-9)14(19)13-11(17)7-12-10(15(20)21)5-6-18(12)13;/h2*1-4,7,10H,5-6H2,(H,20,21);/q;;+2/p-2. The molecule has 1 radical (unpaired) electrons. The first-order chi connectivity index (χ1) is 20.0. The van der Waals surface area contributed by atoms with E-state index in [9.17, 15) is 29.4 Å². The first-order valence-corrected chi connectivity index (χ1v) is 14.3. The van der Waals surface area contributed by atoms with Crippen molar-refractivity contribution in [3.8, 4) is 0 Å². The summed E-state index contributed by atoms with van der Waals surface area (Å²) in [5.41, 5.74) is 2.60. The summed E-state index contributed by atoms with van der Waals surface area (Å²) in [5, 5.41) is 23.8. The molecule has 2 aromatic heterocycles. The number of hydrogen-bond acceptors (Lipinski definition) is 6. The van der Waals surface area contributed by atoms with Gasteiger partial charge in [-0.2, -0.15) is 0 Å². The number of benzene rings is 2. The number of carbonyl (C=O) groups is 4. The van der Waals surface area contributed by atoms with Crippen LogP contribution in [0.3, 0.4) is 0 Å². The SMILES string of the molecule is O=C(c1ccc(Cl)cc1)c1c(Cl)cc2n1CCC2C(=O)[O-].O=C(c1ccc(Cl)cc1)c1c(Cl)cc2n1CCC2C(=O)[O-].[Cu+2]. The number of carboxylic acid groups (broad SMARTS) is 2. The summed E-state index contributed by atoms with van der Waals surface area (Å²) in [6, 6.07) is 16.1. The molecule has 2 aliphatic rings. The normalized spacial score (nSPS) is 16.4. The third kappa shape index (κ3) is 6.43. The summed E-state index contributed by atoms with van der Waals surface area (Å²) < 4.78 is 3.33. The van der Waals surface area contributed by atoms with Gasteiger partial charge in [0.1, 0.15) is 11.4 Å². The van der Waals surface area contributed by atoms with E-state index in [1.165, 1.54) is 12.1 Å². The zero-order valence-corrected chi connectivity index (χ0v) is 25.9. The molecule has 2 aliphatic heterocycles. The Labute approximate surface area is 276 Å². The molecule has 0 N–H and O–H groups in total. The second kappa shape index (κ2) is 13.3. The average molecular weight is 710 g/mol. The van der Waals surface area contributed by atoms with Crippen LogP contribution in [0.1, 0.15) is 68.2 Å². The molecule has 13 heteroatoms.